The van der Waals surface area contributed by atoms with E-state index in [0.29, 0.717) is 11.3 Å². The van der Waals surface area contributed by atoms with Crippen LogP contribution in [-0.2, 0) is 6.42 Å². The maximum absolute atomic E-state index is 3.50. The van der Waals surface area contributed by atoms with E-state index in [4.69, 9.17) is 0 Å². The lowest BCUT2D eigenvalue weighted by atomic mass is 9.78. The molecule has 3 heteroatoms. The van der Waals surface area contributed by atoms with Gasteiger partial charge in [0.15, 0.2) is 0 Å². The number of piperidine rings is 1. The fourth-order valence-corrected chi connectivity index (χ4v) is 3.94. The Balaban J connectivity index is 0.00000176. The third-order valence-electron chi connectivity index (χ3n) is 5.54. The second-order valence-electron chi connectivity index (χ2n) is 7.42. The molecule has 0 saturated carbocycles. The molecule has 0 amide bonds. The molecule has 124 valence electrons. The molecule has 0 radical (unpaired) electrons. The van der Waals surface area contributed by atoms with Gasteiger partial charge in [0, 0.05) is 13.1 Å². The van der Waals surface area contributed by atoms with Gasteiger partial charge in [-0.05, 0) is 67.8 Å². The summed E-state index contributed by atoms with van der Waals surface area (Å²) in [6.45, 7) is 10.9. The SMILES string of the molecule is CC(C)c1ccc(CCN2CCC3(CCNCC3)C2)cc1.Cl. The van der Waals surface area contributed by atoms with Crippen molar-refractivity contribution in [2.75, 3.05) is 32.7 Å². The molecule has 2 heterocycles. The predicted molar refractivity (Wildman–Crippen MR) is 97.1 cm³/mol. The van der Waals surface area contributed by atoms with Crippen molar-refractivity contribution in [2.45, 2.75) is 45.4 Å². The van der Waals surface area contributed by atoms with Gasteiger partial charge in [-0.1, -0.05) is 38.1 Å². The van der Waals surface area contributed by atoms with E-state index in [2.05, 4.69) is 48.3 Å². The van der Waals surface area contributed by atoms with Gasteiger partial charge in [0.2, 0.25) is 0 Å². The van der Waals surface area contributed by atoms with Gasteiger partial charge in [-0.25, -0.2) is 0 Å². The van der Waals surface area contributed by atoms with Crippen molar-refractivity contribution < 1.29 is 0 Å². The van der Waals surface area contributed by atoms with Gasteiger partial charge < -0.3 is 10.2 Å². The van der Waals surface area contributed by atoms with Crippen molar-refractivity contribution in [3.8, 4) is 0 Å². The Kier molecular flexibility index (Phi) is 6.31. The quantitative estimate of drug-likeness (QED) is 0.905. The zero-order chi connectivity index (χ0) is 14.7. The molecule has 2 aliphatic rings. The zero-order valence-corrected chi connectivity index (χ0v) is 14.9. The van der Waals surface area contributed by atoms with E-state index in [9.17, 15) is 0 Å². The monoisotopic (exact) mass is 322 g/mol. The maximum Gasteiger partial charge on any atom is 0.00395 e. The van der Waals surface area contributed by atoms with E-state index in [0.717, 1.165) is 0 Å². The summed E-state index contributed by atoms with van der Waals surface area (Å²) in [6, 6.07) is 9.26. The van der Waals surface area contributed by atoms with Crippen LogP contribution in [0.3, 0.4) is 0 Å². The largest absolute Gasteiger partial charge is 0.317 e. The Hall–Kier alpha value is -0.570. The third kappa shape index (κ3) is 4.24. The van der Waals surface area contributed by atoms with Crippen molar-refractivity contribution in [3.05, 3.63) is 35.4 Å². The molecule has 0 bridgehead atoms. The Morgan fingerprint density at radius 3 is 2.41 bits per heavy atom. The summed E-state index contributed by atoms with van der Waals surface area (Å²) in [5.41, 5.74) is 3.59. The highest BCUT2D eigenvalue weighted by molar-refractivity contribution is 5.85. The maximum atomic E-state index is 3.50. The zero-order valence-electron chi connectivity index (χ0n) is 14.1. The van der Waals surface area contributed by atoms with E-state index in [1.165, 1.54) is 69.5 Å². The first-order chi connectivity index (χ1) is 10.2. The Bertz CT molecular complexity index is 449. The first-order valence-electron chi connectivity index (χ1n) is 8.69. The molecule has 1 aromatic carbocycles. The van der Waals surface area contributed by atoms with Gasteiger partial charge >= 0.3 is 0 Å². The Labute approximate surface area is 142 Å². The molecule has 2 nitrogen and oxygen atoms in total. The van der Waals surface area contributed by atoms with Crippen LogP contribution in [0.5, 0.6) is 0 Å². The number of benzene rings is 1. The lowest BCUT2D eigenvalue weighted by molar-refractivity contribution is 0.197. The number of nitrogens with zero attached hydrogens (tertiary/aromatic N) is 1. The summed E-state index contributed by atoms with van der Waals surface area (Å²) in [5.74, 6) is 0.636. The van der Waals surface area contributed by atoms with Crippen molar-refractivity contribution >= 4 is 12.4 Å². The second kappa shape index (κ2) is 7.81. The first kappa shape index (κ1) is 17.8. The van der Waals surface area contributed by atoms with E-state index in [1.807, 2.05) is 0 Å². The van der Waals surface area contributed by atoms with E-state index in [1.54, 1.807) is 0 Å². The van der Waals surface area contributed by atoms with Crippen LogP contribution >= 0.6 is 12.4 Å². The molecule has 22 heavy (non-hydrogen) atoms. The van der Waals surface area contributed by atoms with Gasteiger partial charge in [0.25, 0.3) is 0 Å². The fourth-order valence-electron chi connectivity index (χ4n) is 3.94. The molecule has 3 rings (SSSR count). The molecule has 2 saturated heterocycles. The normalized spacial score (nSPS) is 21.2. The van der Waals surface area contributed by atoms with Crippen LogP contribution in [0.4, 0.5) is 0 Å². The molecule has 1 spiro atoms. The molecule has 2 aliphatic heterocycles. The van der Waals surface area contributed by atoms with E-state index < -0.39 is 0 Å². The topological polar surface area (TPSA) is 15.3 Å². The molecular formula is C19H31ClN2. The number of hydrogen-bond donors (Lipinski definition) is 1. The molecule has 1 N–H and O–H groups in total. The minimum absolute atomic E-state index is 0. The summed E-state index contributed by atoms with van der Waals surface area (Å²) in [6.07, 6.45) is 5.38. The summed E-state index contributed by atoms with van der Waals surface area (Å²) in [5, 5.41) is 3.50. The molecule has 1 aromatic rings. The van der Waals surface area contributed by atoms with Gasteiger partial charge in [0.05, 0.1) is 0 Å². The highest BCUT2D eigenvalue weighted by Crippen LogP contribution is 2.38. The van der Waals surface area contributed by atoms with Gasteiger partial charge in [-0.2, -0.15) is 0 Å². The Morgan fingerprint density at radius 2 is 1.77 bits per heavy atom. The van der Waals surface area contributed by atoms with Gasteiger partial charge in [0.1, 0.15) is 0 Å². The first-order valence-corrected chi connectivity index (χ1v) is 8.69. The van der Waals surface area contributed by atoms with Crippen LogP contribution in [0.2, 0.25) is 0 Å². The molecule has 0 aliphatic carbocycles. The van der Waals surface area contributed by atoms with Crippen LogP contribution in [0.1, 0.15) is 50.2 Å². The number of rotatable bonds is 4. The molecular weight excluding hydrogens is 292 g/mol. The highest BCUT2D eigenvalue weighted by atomic mass is 35.5. The molecule has 0 atom stereocenters. The van der Waals surface area contributed by atoms with Crippen LogP contribution in [0.25, 0.3) is 0 Å². The van der Waals surface area contributed by atoms with Crippen LogP contribution < -0.4 is 5.32 Å². The number of nitrogens with one attached hydrogen (secondary N) is 1. The number of hydrogen-bond acceptors (Lipinski definition) is 2. The summed E-state index contributed by atoms with van der Waals surface area (Å²) in [4.78, 5) is 2.70. The number of likely N-dealkylation sites (tertiary alicyclic amines) is 1. The van der Waals surface area contributed by atoms with Gasteiger partial charge in [-0.3, -0.25) is 0 Å². The lowest BCUT2D eigenvalue weighted by Gasteiger charge is -2.33. The average molecular weight is 323 g/mol. The second-order valence-corrected chi connectivity index (χ2v) is 7.42. The molecule has 0 unspecified atom stereocenters. The van der Waals surface area contributed by atoms with Crippen LogP contribution in [-0.4, -0.2) is 37.6 Å². The summed E-state index contributed by atoms with van der Waals surface area (Å²) < 4.78 is 0. The average Bonchev–Trinajstić information content (AvgIpc) is 2.89. The Morgan fingerprint density at radius 1 is 1.09 bits per heavy atom. The van der Waals surface area contributed by atoms with Crippen molar-refractivity contribution in [1.82, 2.24) is 10.2 Å². The fraction of sp³-hybridized carbons (Fsp3) is 0.684. The smallest absolute Gasteiger partial charge is 0.00395 e. The minimum atomic E-state index is 0. The predicted octanol–water partition coefficient (Wildman–Crippen LogP) is 3.85. The lowest BCUT2D eigenvalue weighted by Crippen LogP contribution is -2.38. The van der Waals surface area contributed by atoms with Crippen molar-refractivity contribution in [1.29, 1.82) is 0 Å². The standard InChI is InChI=1S/C19H30N2.ClH/c1-16(2)18-5-3-17(4-6-18)7-13-21-14-10-19(15-21)8-11-20-12-9-19;/h3-6,16,20H,7-15H2,1-2H3;1H. The van der Waals surface area contributed by atoms with E-state index in [-0.39, 0.29) is 12.4 Å². The third-order valence-corrected chi connectivity index (χ3v) is 5.54. The van der Waals surface area contributed by atoms with Gasteiger partial charge in [-0.15, -0.1) is 12.4 Å². The summed E-state index contributed by atoms with van der Waals surface area (Å²) >= 11 is 0. The highest BCUT2D eigenvalue weighted by Gasteiger charge is 2.38. The van der Waals surface area contributed by atoms with Crippen molar-refractivity contribution in [2.24, 2.45) is 5.41 Å². The van der Waals surface area contributed by atoms with Crippen molar-refractivity contribution in [3.63, 3.8) is 0 Å². The molecule has 2 fully saturated rings. The summed E-state index contributed by atoms with van der Waals surface area (Å²) in [7, 11) is 0. The van der Waals surface area contributed by atoms with Crippen LogP contribution in [0, 0.1) is 5.41 Å². The van der Waals surface area contributed by atoms with Crippen LogP contribution in [0.15, 0.2) is 24.3 Å². The van der Waals surface area contributed by atoms with E-state index >= 15 is 0 Å². The number of halogens is 1. The molecule has 0 aromatic heterocycles. The minimum Gasteiger partial charge on any atom is -0.317 e.